The van der Waals surface area contributed by atoms with Crippen LogP contribution in [0.3, 0.4) is 0 Å². The van der Waals surface area contributed by atoms with E-state index in [0.29, 0.717) is 0 Å². The van der Waals surface area contributed by atoms with E-state index in [2.05, 4.69) is 134 Å². The van der Waals surface area contributed by atoms with Crippen LogP contribution in [0.15, 0.2) is 128 Å². The van der Waals surface area contributed by atoms with Crippen LogP contribution >= 0.6 is 0 Å². The molecule has 8 heterocycles. The lowest BCUT2D eigenvalue weighted by Gasteiger charge is -2.32. The van der Waals surface area contributed by atoms with Crippen LogP contribution in [-0.2, 0) is 5.66 Å². The molecule has 7 heteroatoms. The van der Waals surface area contributed by atoms with E-state index in [4.69, 9.17) is 9.72 Å². The van der Waals surface area contributed by atoms with E-state index < -0.39 is 5.66 Å². The van der Waals surface area contributed by atoms with E-state index in [1.54, 1.807) is 6.20 Å². The number of nitrogens with zero attached hydrogens (tertiary/aromatic N) is 6. The summed E-state index contributed by atoms with van der Waals surface area (Å²) in [6.07, 6.45) is 12.3. The molecular formula is C38H24N6O+2. The number of benzene rings is 3. The van der Waals surface area contributed by atoms with Crippen molar-refractivity contribution in [2.45, 2.75) is 12.6 Å². The van der Waals surface area contributed by atoms with Crippen molar-refractivity contribution in [1.82, 2.24) is 19.2 Å². The maximum Gasteiger partial charge on any atom is 0.397 e. The Morgan fingerprint density at radius 2 is 1.69 bits per heavy atom. The summed E-state index contributed by atoms with van der Waals surface area (Å²) in [6.45, 7) is 2.14. The molecule has 210 valence electrons. The fourth-order valence-electron chi connectivity index (χ4n) is 8.11. The van der Waals surface area contributed by atoms with Crippen LogP contribution in [0.5, 0.6) is 11.5 Å². The SMILES string of the molecule is Cc1cc(-c2cccnc2)cnc1-c1cn2[n+](c1)C13c4c(cccc4-2)Oc2ccc4c5ccccc5n(c4c21)-c1cccc[n+]13. The molecule has 1 unspecified atom stereocenters. The summed E-state index contributed by atoms with van der Waals surface area (Å²) in [5, 5.41) is 2.45. The fraction of sp³-hybridized carbons (Fsp3) is 0.0526. The number of hydrogen-bond acceptors (Lipinski definition) is 3. The predicted octanol–water partition coefficient (Wildman–Crippen LogP) is 6.61. The van der Waals surface area contributed by atoms with Gasteiger partial charge in [0.25, 0.3) is 5.82 Å². The number of aromatic nitrogens is 6. The van der Waals surface area contributed by atoms with Crippen molar-refractivity contribution in [3.8, 4) is 45.4 Å². The van der Waals surface area contributed by atoms with Gasteiger partial charge in [-0.3, -0.25) is 9.97 Å². The molecule has 0 bridgehead atoms. The van der Waals surface area contributed by atoms with E-state index in [9.17, 15) is 0 Å². The number of aryl methyl sites for hydroxylation is 1. The summed E-state index contributed by atoms with van der Waals surface area (Å²) in [5.74, 6) is 2.85. The fourth-order valence-corrected chi connectivity index (χ4v) is 8.11. The average molecular weight is 581 g/mol. The topological polar surface area (TPSA) is 52.6 Å². The molecular weight excluding hydrogens is 556 g/mol. The lowest BCUT2D eigenvalue weighted by Crippen LogP contribution is -2.76. The predicted molar refractivity (Wildman–Crippen MR) is 170 cm³/mol. The van der Waals surface area contributed by atoms with E-state index in [1.807, 2.05) is 18.5 Å². The average Bonchev–Trinajstić information content (AvgIpc) is 3.75. The summed E-state index contributed by atoms with van der Waals surface area (Å²) in [4.78, 5) is 9.32. The van der Waals surface area contributed by atoms with E-state index in [0.717, 1.165) is 62.1 Å². The van der Waals surface area contributed by atoms with Gasteiger partial charge in [-0.1, -0.05) is 35.0 Å². The molecule has 3 aromatic carbocycles. The van der Waals surface area contributed by atoms with Crippen LogP contribution in [0.25, 0.3) is 55.7 Å². The van der Waals surface area contributed by atoms with E-state index in [-0.39, 0.29) is 0 Å². The van der Waals surface area contributed by atoms with Gasteiger partial charge in [0.05, 0.1) is 23.7 Å². The van der Waals surface area contributed by atoms with Gasteiger partial charge in [-0.2, -0.15) is 9.13 Å². The second-order valence-corrected chi connectivity index (χ2v) is 12.1. The molecule has 5 aromatic heterocycles. The molecule has 0 saturated carbocycles. The Bertz CT molecular complexity index is 2600. The molecule has 11 rings (SSSR count). The van der Waals surface area contributed by atoms with E-state index >= 15 is 0 Å². The Hall–Kier alpha value is -6.08. The Balaban J connectivity index is 1.25. The minimum absolute atomic E-state index is 0.707. The van der Waals surface area contributed by atoms with Gasteiger partial charge in [0, 0.05) is 46.6 Å². The first-order valence-corrected chi connectivity index (χ1v) is 15.2. The normalized spacial score (nSPS) is 16.4. The number of fused-ring (bicyclic) bond motifs is 7. The zero-order valence-electron chi connectivity index (χ0n) is 24.2. The van der Waals surface area contributed by atoms with Gasteiger partial charge >= 0.3 is 5.66 Å². The van der Waals surface area contributed by atoms with Crippen molar-refractivity contribution in [1.29, 1.82) is 0 Å². The molecule has 1 spiro atoms. The summed E-state index contributed by atoms with van der Waals surface area (Å²) in [5.41, 5.74) is 10.3. The Morgan fingerprint density at radius 1 is 0.778 bits per heavy atom. The molecule has 0 radical (unpaired) electrons. The van der Waals surface area contributed by atoms with E-state index in [1.165, 1.54) is 21.8 Å². The van der Waals surface area contributed by atoms with Crippen molar-refractivity contribution in [3.05, 3.63) is 145 Å². The monoisotopic (exact) mass is 580 g/mol. The van der Waals surface area contributed by atoms with Gasteiger partial charge in [0.15, 0.2) is 11.1 Å². The highest BCUT2D eigenvalue weighted by Crippen LogP contribution is 2.55. The molecule has 0 fully saturated rings. The molecule has 0 saturated heterocycles. The minimum Gasteiger partial charge on any atom is -0.456 e. The van der Waals surface area contributed by atoms with Crippen LogP contribution in [0.1, 0.15) is 16.7 Å². The Labute approximate surface area is 257 Å². The second kappa shape index (κ2) is 7.89. The van der Waals surface area contributed by atoms with Crippen LogP contribution in [0.2, 0.25) is 0 Å². The van der Waals surface area contributed by atoms with Gasteiger partial charge in [-0.25, -0.2) is 0 Å². The highest BCUT2D eigenvalue weighted by atomic mass is 16.5. The van der Waals surface area contributed by atoms with Crippen molar-refractivity contribution >= 4 is 21.8 Å². The number of ether oxygens (including phenoxy) is 1. The molecule has 0 aliphatic carbocycles. The molecule has 3 aliphatic heterocycles. The van der Waals surface area contributed by atoms with Gasteiger partial charge in [0.2, 0.25) is 6.20 Å². The summed E-state index contributed by atoms with van der Waals surface area (Å²) in [6, 6.07) is 32.1. The maximum atomic E-state index is 6.76. The zero-order chi connectivity index (χ0) is 29.4. The first kappa shape index (κ1) is 23.4. The van der Waals surface area contributed by atoms with Crippen LogP contribution in [0, 0.1) is 6.92 Å². The highest BCUT2D eigenvalue weighted by molar-refractivity contribution is 6.11. The number of pyridine rings is 3. The first-order chi connectivity index (χ1) is 22.2. The number of hydrogen-bond donors (Lipinski definition) is 0. The molecule has 0 amide bonds. The van der Waals surface area contributed by atoms with Crippen LogP contribution in [-0.4, -0.2) is 19.2 Å². The van der Waals surface area contributed by atoms with Crippen molar-refractivity contribution in [3.63, 3.8) is 0 Å². The highest BCUT2D eigenvalue weighted by Gasteiger charge is 2.68. The lowest BCUT2D eigenvalue weighted by molar-refractivity contribution is -0.993. The third kappa shape index (κ3) is 2.65. The second-order valence-electron chi connectivity index (χ2n) is 12.1. The van der Waals surface area contributed by atoms with Gasteiger partial charge in [0.1, 0.15) is 28.3 Å². The van der Waals surface area contributed by atoms with Crippen molar-refractivity contribution < 1.29 is 14.0 Å². The van der Waals surface area contributed by atoms with Gasteiger partial charge in [-0.15, -0.1) is 4.68 Å². The van der Waals surface area contributed by atoms with Crippen LogP contribution < -0.4 is 14.0 Å². The standard InChI is InChI=1S/C38H24N6O/c1-23-18-25(24-8-7-16-39-19-24)20-40-36(23)26-21-42-30-11-6-12-31-34(30)38(43(42)22-26)35-32(45-31)15-14-28-27-9-2-3-10-29(27)44(37(28)35)33-13-4-5-17-41(33)38/h2-22H,1H3/q+2. The largest absolute Gasteiger partial charge is 0.456 e. The van der Waals surface area contributed by atoms with Crippen molar-refractivity contribution in [2.24, 2.45) is 0 Å². The third-order valence-electron chi connectivity index (χ3n) is 9.82. The molecule has 45 heavy (non-hydrogen) atoms. The molecule has 1 atom stereocenters. The molecule has 3 aliphatic rings. The third-order valence-corrected chi connectivity index (χ3v) is 9.82. The smallest absolute Gasteiger partial charge is 0.397 e. The lowest BCUT2D eigenvalue weighted by atomic mass is 9.84. The Kier molecular flexibility index (Phi) is 4.10. The Morgan fingerprint density at radius 3 is 2.60 bits per heavy atom. The van der Waals surface area contributed by atoms with Gasteiger partial charge < -0.3 is 4.74 Å². The van der Waals surface area contributed by atoms with Crippen molar-refractivity contribution in [2.75, 3.05) is 0 Å². The molecule has 0 N–H and O–H groups in total. The summed E-state index contributed by atoms with van der Waals surface area (Å²) < 4.78 is 16.3. The summed E-state index contributed by atoms with van der Waals surface area (Å²) in [7, 11) is 0. The maximum absolute atomic E-state index is 6.76. The number of para-hydroxylation sites is 1. The van der Waals surface area contributed by atoms with Gasteiger partial charge in [-0.05, 0) is 67.1 Å². The quantitative estimate of drug-likeness (QED) is 0.216. The molecule has 8 aromatic rings. The summed E-state index contributed by atoms with van der Waals surface area (Å²) >= 11 is 0. The van der Waals surface area contributed by atoms with Crippen LogP contribution in [0.4, 0.5) is 0 Å². The molecule has 7 nitrogen and oxygen atoms in total. The number of rotatable bonds is 2. The first-order valence-electron chi connectivity index (χ1n) is 15.2. The minimum atomic E-state index is -0.707. The zero-order valence-corrected chi connectivity index (χ0v) is 24.2.